The van der Waals surface area contributed by atoms with Gasteiger partial charge in [-0.1, -0.05) is 27.7 Å². The molecule has 0 aromatic heterocycles. The van der Waals surface area contributed by atoms with Crippen LogP contribution in [0.15, 0.2) is 0 Å². The third-order valence-electron chi connectivity index (χ3n) is 8.04. The first kappa shape index (κ1) is 23.6. The molecular weight excluding hydrogens is 372 g/mol. The van der Waals surface area contributed by atoms with Crippen LogP contribution in [0, 0.1) is 22.7 Å². The fraction of sp³-hybridized carbons (Fsp3) is 0.923. The average molecular weight is 419 g/mol. The Morgan fingerprint density at radius 1 is 0.667 bits per heavy atom. The minimum atomic E-state index is 0.168. The number of hydrogen-bond acceptors (Lipinski definition) is 2. The van der Waals surface area contributed by atoms with Crippen molar-refractivity contribution in [1.29, 1.82) is 0 Å². The Morgan fingerprint density at radius 3 is 1.30 bits per heavy atom. The molecule has 4 fully saturated rings. The highest BCUT2D eigenvalue weighted by Crippen LogP contribution is 2.67. The van der Waals surface area contributed by atoms with Crippen LogP contribution in [0.5, 0.6) is 0 Å². The zero-order chi connectivity index (χ0) is 21.8. The number of carbonyl (C=O) groups is 2. The molecule has 0 radical (unpaired) electrons. The lowest BCUT2D eigenvalue weighted by molar-refractivity contribution is -0.155. The quantitative estimate of drug-likeness (QED) is 0.411. The molecule has 30 heavy (non-hydrogen) atoms. The largest absolute Gasteiger partial charge is 0.343 e. The second-order valence-corrected chi connectivity index (χ2v) is 11.1. The molecule has 0 aliphatic heterocycles. The second kappa shape index (κ2) is 10.0. The normalized spacial score (nSPS) is 31.7. The maximum Gasteiger partial charge on any atom is 0.223 e. The van der Waals surface area contributed by atoms with E-state index in [0.29, 0.717) is 11.8 Å². The van der Waals surface area contributed by atoms with E-state index >= 15 is 0 Å². The van der Waals surface area contributed by atoms with Gasteiger partial charge in [0.2, 0.25) is 11.8 Å². The van der Waals surface area contributed by atoms with Gasteiger partial charge in [0.05, 0.1) is 0 Å². The number of nitrogens with zero attached hydrogens (tertiary/aromatic N) is 2. The number of hydrogen-bond donors (Lipinski definition) is 0. The zero-order valence-electron chi connectivity index (χ0n) is 20.2. The number of amides is 2. The molecular formula is C26H46N2O2. The van der Waals surface area contributed by atoms with E-state index in [1.165, 1.54) is 32.1 Å². The van der Waals surface area contributed by atoms with Crippen molar-refractivity contribution in [1.82, 2.24) is 9.80 Å². The van der Waals surface area contributed by atoms with Crippen molar-refractivity contribution in [3.05, 3.63) is 0 Å². The third kappa shape index (κ3) is 5.22. The number of rotatable bonds is 12. The van der Waals surface area contributed by atoms with E-state index in [4.69, 9.17) is 0 Å². The molecule has 0 saturated heterocycles. The van der Waals surface area contributed by atoms with Crippen molar-refractivity contribution >= 4 is 11.8 Å². The molecule has 0 spiro atoms. The van der Waals surface area contributed by atoms with Crippen molar-refractivity contribution in [3.8, 4) is 0 Å². The van der Waals surface area contributed by atoms with Crippen molar-refractivity contribution in [2.75, 3.05) is 26.2 Å². The van der Waals surface area contributed by atoms with E-state index in [2.05, 4.69) is 37.5 Å². The van der Waals surface area contributed by atoms with Crippen LogP contribution in [-0.2, 0) is 9.59 Å². The molecule has 0 heterocycles. The lowest BCUT2D eigenvalue weighted by Crippen LogP contribution is -2.54. The Morgan fingerprint density at radius 2 is 1.00 bits per heavy atom. The Labute approximate surface area is 185 Å². The van der Waals surface area contributed by atoms with Crippen LogP contribution in [0.25, 0.3) is 0 Å². The Hall–Kier alpha value is -1.06. The maximum atomic E-state index is 13.3. The maximum absolute atomic E-state index is 13.3. The van der Waals surface area contributed by atoms with Crippen LogP contribution < -0.4 is 0 Å². The topological polar surface area (TPSA) is 40.6 Å². The van der Waals surface area contributed by atoms with Crippen LogP contribution in [0.1, 0.15) is 105 Å². The van der Waals surface area contributed by atoms with Crippen molar-refractivity contribution in [2.45, 2.75) is 105 Å². The molecule has 0 aromatic rings. The van der Waals surface area contributed by atoms with Crippen LogP contribution in [0.4, 0.5) is 0 Å². The van der Waals surface area contributed by atoms with E-state index in [-0.39, 0.29) is 10.8 Å². The molecule has 0 unspecified atom stereocenters. The Bertz CT molecular complexity index is 528. The summed E-state index contributed by atoms with van der Waals surface area (Å²) >= 11 is 0. The summed E-state index contributed by atoms with van der Waals surface area (Å²) < 4.78 is 0. The highest BCUT2D eigenvalue weighted by atomic mass is 16.2. The summed E-state index contributed by atoms with van der Waals surface area (Å²) in [5, 5.41) is 0. The minimum Gasteiger partial charge on any atom is -0.343 e. The summed E-state index contributed by atoms with van der Waals surface area (Å²) in [4.78, 5) is 30.8. The molecule has 4 bridgehead atoms. The second-order valence-electron chi connectivity index (χ2n) is 11.1. The summed E-state index contributed by atoms with van der Waals surface area (Å²) in [6.07, 6.45) is 13.0. The first-order valence-electron chi connectivity index (χ1n) is 12.9. The molecule has 4 nitrogen and oxygen atoms in total. The first-order valence-corrected chi connectivity index (χ1v) is 12.9. The van der Waals surface area contributed by atoms with Gasteiger partial charge in [0.15, 0.2) is 0 Å². The van der Waals surface area contributed by atoms with Crippen molar-refractivity contribution < 1.29 is 9.59 Å². The van der Waals surface area contributed by atoms with Gasteiger partial charge in [0.1, 0.15) is 0 Å². The highest BCUT2D eigenvalue weighted by molar-refractivity contribution is 5.78. The summed E-state index contributed by atoms with van der Waals surface area (Å²) in [5.74, 6) is 2.23. The predicted molar refractivity (Wildman–Crippen MR) is 123 cm³/mol. The van der Waals surface area contributed by atoms with Crippen LogP contribution in [0.3, 0.4) is 0 Å². The predicted octanol–water partition coefficient (Wildman–Crippen LogP) is 5.65. The molecule has 172 valence electrons. The van der Waals surface area contributed by atoms with Gasteiger partial charge in [0.25, 0.3) is 0 Å². The smallest absolute Gasteiger partial charge is 0.223 e. The van der Waals surface area contributed by atoms with Gasteiger partial charge in [0, 0.05) is 39.0 Å². The van der Waals surface area contributed by atoms with Crippen molar-refractivity contribution in [3.63, 3.8) is 0 Å². The molecule has 4 heteroatoms. The minimum absolute atomic E-state index is 0.168. The lowest BCUT2D eigenvalue weighted by Gasteiger charge is -2.62. The van der Waals surface area contributed by atoms with E-state index in [9.17, 15) is 9.59 Å². The van der Waals surface area contributed by atoms with E-state index < -0.39 is 0 Å². The van der Waals surface area contributed by atoms with Crippen LogP contribution in [-0.4, -0.2) is 47.8 Å². The average Bonchev–Trinajstić information content (AvgIpc) is 2.65. The van der Waals surface area contributed by atoms with E-state index in [1.807, 2.05) is 0 Å². The van der Waals surface area contributed by atoms with Crippen molar-refractivity contribution in [2.24, 2.45) is 22.7 Å². The summed E-state index contributed by atoms with van der Waals surface area (Å²) in [7, 11) is 0. The fourth-order valence-corrected chi connectivity index (χ4v) is 7.73. The van der Waals surface area contributed by atoms with Gasteiger partial charge in [-0.05, 0) is 86.9 Å². The fourth-order valence-electron chi connectivity index (χ4n) is 7.73. The summed E-state index contributed by atoms with van der Waals surface area (Å²) in [5.41, 5.74) is 0.336. The van der Waals surface area contributed by atoms with Gasteiger partial charge in [-0.15, -0.1) is 0 Å². The molecule has 4 aliphatic carbocycles. The zero-order valence-corrected chi connectivity index (χ0v) is 20.2. The molecule has 0 aromatic carbocycles. The summed E-state index contributed by atoms with van der Waals surface area (Å²) in [6, 6.07) is 0. The standard InChI is InChI=1S/C26H46N2O2/c1-5-9-27(10-6-2)23(29)18-25-14-21-13-22(15-25)17-26(16-21,20-25)19-24(30)28(11-7-3)12-8-4/h21-22H,5-20H2,1-4H3. The first-order chi connectivity index (χ1) is 14.4. The van der Waals surface area contributed by atoms with E-state index in [0.717, 1.165) is 83.0 Å². The lowest BCUT2D eigenvalue weighted by atomic mass is 9.43. The van der Waals surface area contributed by atoms with Gasteiger partial charge in [-0.25, -0.2) is 0 Å². The molecule has 0 N–H and O–H groups in total. The van der Waals surface area contributed by atoms with Gasteiger partial charge in [-0.3, -0.25) is 9.59 Å². The van der Waals surface area contributed by atoms with E-state index in [1.54, 1.807) is 0 Å². The third-order valence-corrected chi connectivity index (χ3v) is 8.04. The SMILES string of the molecule is CCCN(CCC)C(=O)CC12CC3CC(C1)CC(CC(=O)N(CCC)CCC)(C3)C2. The Kier molecular flexibility index (Phi) is 7.90. The number of carbonyl (C=O) groups excluding carboxylic acids is 2. The van der Waals surface area contributed by atoms with Gasteiger partial charge < -0.3 is 9.80 Å². The monoisotopic (exact) mass is 418 g/mol. The molecule has 4 rings (SSSR count). The summed E-state index contributed by atoms with van der Waals surface area (Å²) in [6.45, 7) is 12.2. The highest BCUT2D eigenvalue weighted by Gasteiger charge is 2.58. The molecule has 4 aliphatic rings. The van der Waals surface area contributed by atoms with Crippen LogP contribution >= 0.6 is 0 Å². The Balaban J connectivity index is 1.73. The molecule has 0 atom stereocenters. The van der Waals surface area contributed by atoms with Crippen LogP contribution in [0.2, 0.25) is 0 Å². The van der Waals surface area contributed by atoms with Gasteiger partial charge >= 0.3 is 0 Å². The molecule has 2 amide bonds. The van der Waals surface area contributed by atoms with Gasteiger partial charge in [-0.2, -0.15) is 0 Å². The molecule has 4 saturated carbocycles.